The van der Waals surface area contributed by atoms with Gasteiger partial charge in [0.1, 0.15) is 12.0 Å². The van der Waals surface area contributed by atoms with Crippen molar-refractivity contribution in [1.29, 1.82) is 0 Å². The van der Waals surface area contributed by atoms with Gasteiger partial charge in [0, 0.05) is 6.54 Å². The molecule has 1 N–H and O–H groups in total. The van der Waals surface area contributed by atoms with Gasteiger partial charge in [-0.05, 0) is 12.8 Å². The number of nitrogens with zero attached hydrogens (tertiary/aromatic N) is 4. The molecular weight excluding hydrogens is 220 g/mol. The van der Waals surface area contributed by atoms with Crippen LogP contribution >= 0.6 is 0 Å². The number of aromatic nitrogens is 4. The van der Waals surface area contributed by atoms with Gasteiger partial charge >= 0.3 is 5.69 Å². The van der Waals surface area contributed by atoms with Crippen molar-refractivity contribution in [3.8, 4) is 11.5 Å². The van der Waals surface area contributed by atoms with Crippen molar-refractivity contribution in [2.45, 2.75) is 39.7 Å². The molecule has 2 aliphatic heterocycles. The van der Waals surface area contributed by atoms with Crippen LogP contribution in [0.3, 0.4) is 0 Å². The van der Waals surface area contributed by atoms with Gasteiger partial charge in [-0.2, -0.15) is 0 Å². The number of imidazole rings is 1. The van der Waals surface area contributed by atoms with Crippen molar-refractivity contribution in [3.63, 3.8) is 0 Å². The Labute approximate surface area is 98.9 Å². The molecule has 0 fully saturated rings. The van der Waals surface area contributed by atoms with Gasteiger partial charge in [0.2, 0.25) is 5.82 Å². The molecule has 6 nitrogen and oxygen atoms in total. The lowest BCUT2D eigenvalue weighted by Gasteiger charge is -2.15. The van der Waals surface area contributed by atoms with E-state index in [1.165, 1.54) is 6.33 Å². The molecule has 0 spiro atoms. The van der Waals surface area contributed by atoms with Gasteiger partial charge in [0.25, 0.3) is 0 Å². The summed E-state index contributed by atoms with van der Waals surface area (Å²) in [4.78, 5) is 20.0. The van der Waals surface area contributed by atoms with Crippen LogP contribution in [0, 0.1) is 0 Å². The molecule has 0 atom stereocenters. The van der Waals surface area contributed by atoms with E-state index in [9.17, 15) is 10.0 Å². The molecule has 0 unspecified atom stereocenters. The van der Waals surface area contributed by atoms with Gasteiger partial charge in [-0.1, -0.05) is 20.3 Å². The summed E-state index contributed by atoms with van der Waals surface area (Å²) < 4.78 is 2.16. The molecule has 17 heavy (non-hydrogen) atoms. The topological polar surface area (TPSA) is 72.9 Å². The number of rotatable bonds is 4. The van der Waals surface area contributed by atoms with E-state index in [-0.39, 0.29) is 5.82 Å². The molecule has 6 heteroatoms. The predicted octanol–water partition coefficient (Wildman–Crippen LogP) is 1.14. The molecule has 2 heterocycles. The largest absolute Gasteiger partial charge is 0.422 e. The highest BCUT2D eigenvalue weighted by Gasteiger charge is 2.21. The average molecular weight is 236 g/mol. The molecular formula is C11H16N4O2. The normalized spacial score (nSPS) is 11.2. The fourth-order valence-corrected chi connectivity index (χ4v) is 2.01. The van der Waals surface area contributed by atoms with Crippen LogP contribution in [0.5, 0.6) is 0 Å². The van der Waals surface area contributed by atoms with E-state index in [4.69, 9.17) is 0 Å². The third kappa shape index (κ3) is 1.79. The Hall–Kier alpha value is -1.85. The van der Waals surface area contributed by atoms with Crippen molar-refractivity contribution >= 4 is 0 Å². The van der Waals surface area contributed by atoms with Gasteiger partial charge < -0.3 is 5.21 Å². The summed E-state index contributed by atoms with van der Waals surface area (Å²) in [6, 6.07) is 0. The number of hydrogen-bond acceptors (Lipinski definition) is 4. The van der Waals surface area contributed by atoms with Crippen molar-refractivity contribution in [3.05, 3.63) is 22.5 Å². The summed E-state index contributed by atoms with van der Waals surface area (Å²) in [5.41, 5.74) is 1.03. The van der Waals surface area contributed by atoms with Crippen LogP contribution in [-0.2, 0) is 13.0 Å². The van der Waals surface area contributed by atoms with E-state index in [2.05, 4.69) is 9.97 Å². The maximum Gasteiger partial charge on any atom is 0.363 e. The van der Waals surface area contributed by atoms with Crippen LogP contribution in [0.4, 0.5) is 0 Å². The number of hydrogen-bond donors (Lipinski definition) is 1. The summed E-state index contributed by atoms with van der Waals surface area (Å²) in [5.74, 6) is 0.241. The molecule has 92 valence electrons. The SMILES string of the molecule is CCCc1c2ncnc-2n(O)c(=O)n1CCC. The minimum absolute atomic E-state index is 0.241. The molecule has 0 aliphatic carbocycles. The second-order valence-corrected chi connectivity index (χ2v) is 3.99. The maximum atomic E-state index is 12.0. The molecule has 0 aromatic rings. The van der Waals surface area contributed by atoms with E-state index in [0.29, 0.717) is 17.0 Å². The third-order valence-corrected chi connectivity index (χ3v) is 2.72. The fourth-order valence-electron chi connectivity index (χ4n) is 2.01. The van der Waals surface area contributed by atoms with Gasteiger partial charge in [0.15, 0.2) is 0 Å². The minimum Gasteiger partial charge on any atom is -0.422 e. The summed E-state index contributed by atoms with van der Waals surface area (Å²) in [6.45, 7) is 4.62. The van der Waals surface area contributed by atoms with Crippen LogP contribution in [0.25, 0.3) is 11.5 Å². The highest BCUT2D eigenvalue weighted by molar-refractivity contribution is 5.54. The van der Waals surface area contributed by atoms with Crippen LogP contribution in [0.2, 0.25) is 0 Å². The quantitative estimate of drug-likeness (QED) is 0.808. The Balaban J connectivity index is 2.74. The minimum atomic E-state index is -0.441. The first-order valence-electron chi connectivity index (χ1n) is 5.85. The van der Waals surface area contributed by atoms with E-state index in [1.807, 2.05) is 13.8 Å². The maximum absolute atomic E-state index is 12.0. The predicted molar refractivity (Wildman–Crippen MR) is 62.4 cm³/mol. The summed E-state index contributed by atoms with van der Waals surface area (Å²) >= 11 is 0. The zero-order valence-electron chi connectivity index (χ0n) is 10.1. The highest BCUT2D eigenvalue weighted by Crippen LogP contribution is 2.20. The second kappa shape index (κ2) is 4.57. The molecule has 2 rings (SSSR count). The Morgan fingerprint density at radius 2 is 2.06 bits per heavy atom. The zero-order chi connectivity index (χ0) is 12.4. The lowest BCUT2D eigenvalue weighted by atomic mass is 10.2. The molecule has 0 aromatic carbocycles. The molecule has 0 amide bonds. The lowest BCUT2D eigenvalue weighted by molar-refractivity contribution is 0.165. The van der Waals surface area contributed by atoms with Crippen LogP contribution < -0.4 is 5.69 Å². The fraction of sp³-hybridized carbons (Fsp3) is 0.545. The Morgan fingerprint density at radius 3 is 2.71 bits per heavy atom. The first kappa shape index (κ1) is 11.6. The molecule has 0 radical (unpaired) electrons. The summed E-state index contributed by atoms with van der Waals surface area (Å²) in [5, 5.41) is 9.73. The highest BCUT2D eigenvalue weighted by atomic mass is 16.5. The van der Waals surface area contributed by atoms with Crippen LogP contribution in [0.15, 0.2) is 11.1 Å². The smallest absolute Gasteiger partial charge is 0.363 e. The Kier molecular flexibility index (Phi) is 3.12. The van der Waals surface area contributed by atoms with E-state index < -0.39 is 5.69 Å². The first-order chi connectivity index (χ1) is 8.20. The average Bonchev–Trinajstić information content (AvgIpc) is 2.79. The molecule has 0 saturated carbocycles. The van der Waals surface area contributed by atoms with Crippen molar-refractivity contribution in [2.75, 3.05) is 0 Å². The second-order valence-electron chi connectivity index (χ2n) is 3.99. The molecule has 0 aromatic heterocycles. The monoisotopic (exact) mass is 236 g/mol. The zero-order valence-corrected chi connectivity index (χ0v) is 10.1. The summed E-state index contributed by atoms with van der Waals surface area (Å²) in [7, 11) is 0. The lowest BCUT2D eigenvalue weighted by Crippen LogP contribution is -2.34. The van der Waals surface area contributed by atoms with Crippen molar-refractivity contribution in [1.82, 2.24) is 19.3 Å². The molecule has 2 aliphatic rings. The van der Waals surface area contributed by atoms with E-state index in [1.54, 1.807) is 4.57 Å². The van der Waals surface area contributed by atoms with Gasteiger partial charge in [-0.3, -0.25) is 4.57 Å². The summed E-state index contributed by atoms with van der Waals surface area (Å²) in [6.07, 6.45) is 3.87. The Morgan fingerprint density at radius 1 is 1.29 bits per heavy atom. The van der Waals surface area contributed by atoms with Crippen molar-refractivity contribution in [2.24, 2.45) is 0 Å². The van der Waals surface area contributed by atoms with E-state index >= 15 is 0 Å². The van der Waals surface area contributed by atoms with Gasteiger partial charge in [0.05, 0.1) is 5.69 Å². The standard InChI is InChI=1S/C11H16N4O2/c1-3-5-8-9-10(13-7-12-9)15(17)11(16)14(8)6-4-2/h7,17H,3-6H2,1-2H3. The van der Waals surface area contributed by atoms with Gasteiger partial charge in [-0.25, -0.2) is 14.8 Å². The Bertz CT molecular complexity index is 543. The van der Waals surface area contributed by atoms with Gasteiger partial charge in [-0.15, -0.1) is 4.73 Å². The molecule has 0 bridgehead atoms. The molecule has 0 saturated heterocycles. The third-order valence-electron chi connectivity index (χ3n) is 2.72. The van der Waals surface area contributed by atoms with Crippen LogP contribution in [-0.4, -0.2) is 24.5 Å². The van der Waals surface area contributed by atoms with Crippen LogP contribution in [0.1, 0.15) is 32.4 Å². The first-order valence-corrected chi connectivity index (χ1v) is 5.85. The number of fused-ring (bicyclic) bond motifs is 1. The van der Waals surface area contributed by atoms with Crippen molar-refractivity contribution < 1.29 is 5.21 Å². The van der Waals surface area contributed by atoms with E-state index in [0.717, 1.165) is 25.0 Å².